The summed E-state index contributed by atoms with van der Waals surface area (Å²) in [6.45, 7) is 2.02. The van der Waals surface area contributed by atoms with Crippen molar-refractivity contribution in [2.24, 2.45) is 0 Å². The number of methoxy groups -OCH3 is 1. The average Bonchev–Trinajstić information content (AvgIpc) is 2.81. The lowest BCUT2D eigenvalue weighted by atomic mass is 10.1. The van der Waals surface area contributed by atoms with Gasteiger partial charge in [0, 0.05) is 23.6 Å². The second-order valence-corrected chi connectivity index (χ2v) is 5.18. The molecule has 0 aliphatic carbocycles. The van der Waals surface area contributed by atoms with Gasteiger partial charge in [0.2, 0.25) is 5.88 Å². The molecule has 0 saturated carbocycles. The van der Waals surface area contributed by atoms with Crippen molar-refractivity contribution in [2.75, 3.05) is 17.7 Å². The Kier molecular flexibility index (Phi) is 3.25. The number of aromatic nitrogens is 1. The summed E-state index contributed by atoms with van der Waals surface area (Å²) in [7, 11) is 1.52. The molecular formula is C16H17N3O2. The lowest BCUT2D eigenvalue weighted by Crippen LogP contribution is -2.36. The number of amides is 1. The molecule has 1 aliphatic rings. The molecule has 1 aliphatic heterocycles. The molecular weight excluding hydrogens is 266 g/mol. The zero-order chi connectivity index (χ0) is 15.0. The van der Waals surface area contributed by atoms with Gasteiger partial charge in [0.05, 0.1) is 7.11 Å². The van der Waals surface area contributed by atoms with Gasteiger partial charge in [-0.2, -0.15) is 0 Å². The molecule has 0 radical (unpaired) electrons. The molecule has 1 aromatic carbocycles. The number of carbonyl (C=O) groups excluding carboxylic acids is 1. The van der Waals surface area contributed by atoms with E-state index < -0.39 is 0 Å². The van der Waals surface area contributed by atoms with Gasteiger partial charge in [-0.15, -0.1) is 0 Å². The standard InChI is InChI=1S/C16H17N3O2/c1-10-8-11-9-12(17)5-6-14(11)19(10)16(20)13-4-3-7-18-15(13)21-2/h3-7,9-10H,8,17H2,1-2H3. The Balaban J connectivity index is 2.03. The van der Waals surface area contributed by atoms with Crippen LogP contribution in [0.1, 0.15) is 22.8 Å². The first-order chi connectivity index (χ1) is 10.1. The fourth-order valence-electron chi connectivity index (χ4n) is 2.81. The van der Waals surface area contributed by atoms with Crippen LogP contribution in [-0.4, -0.2) is 24.0 Å². The van der Waals surface area contributed by atoms with Gasteiger partial charge in [-0.1, -0.05) is 0 Å². The van der Waals surface area contributed by atoms with Gasteiger partial charge in [0.25, 0.3) is 5.91 Å². The minimum absolute atomic E-state index is 0.0826. The van der Waals surface area contributed by atoms with Gasteiger partial charge in [-0.3, -0.25) is 4.79 Å². The van der Waals surface area contributed by atoms with Gasteiger partial charge >= 0.3 is 0 Å². The Bertz CT molecular complexity index is 700. The average molecular weight is 283 g/mol. The van der Waals surface area contributed by atoms with Crippen molar-refractivity contribution in [3.05, 3.63) is 47.7 Å². The Hall–Kier alpha value is -2.56. The van der Waals surface area contributed by atoms with Crippen molar-refractivity contribution < 1.29 is 9.53 Å². The second-order valence-electron chi connectivity index (χ2n) is 5.18. The number of nitrogens with zero attached hydrogens (tertiary/aromatic N) is 2. The molecule has 1 amide bonds. The highest BCUT2D eigenvalue weighted by molar-refractivity contribution is 6.09. The highest BCUT2D eigenvalue weighted by Crippen LogP contribution is 2.35. The van der Waals surface area contributed by atoms with E-state index in [1.165, 1.54) is 7.11 Å². The van der Waals surface area contributed by atoms with Crippen LogP contribution in [0.5, 0.6) is 5.88 Å². The summed E-state index contributed by atoms with van der Waals surface area (Å²) in [5, 5.41) is 0. The van der Waals surface area contributed by atoms with E-state index in [4.69, 9.17) is 10.5 Å². The molecule has 2 heterocycles. The smallest absolute Gasteiger partial charge is 0.264 e. The number of pyridine rings is 1. The number of hydrogen-bond acceptors (Lipinski definition) is 4. The van der Waals surface area contributed by atoms with E-state index in [1.54, 1.807) is 23.2 Å². The summed E-state index contributed by atoms with van der Waals surface area (Å²) in [5.41, 5.74) is 9.01. The molecule has 108 valence electrons. The fraction of sp³-hybridized carbons (Fsp3) is 0.250. The van der Waals surface area contributed by atoms with Crippen LogP contribution in [0.4, 0.5) is 11.4 Å². The monoisotopic (exact) mass is 283 g/mol. The van der Waals surface area contributed by atoms with E-state index >= 15 is 0 Å². The van der Waals surface area contributed by atoms with Gasteiger partial charge < -0.3 is 15.4 Å². The molecule has 0 spiro atoms. The van der Waals surface area contributed by atoms with Crippen molar-refractivity contribution in [3.63, 3.8) is 0 Å². The molecule has 5 heteroatoms. The van der Waals surface area contributed by atoms with Crippen molar-refractivity contribution in [3.8, 4) is 5.88 Å². The predicted molar refractivity (Wildman–Crippen MR) is 81.6 cm³/mol. The maximum Gasteiger partial charge on any atom is 0.264 e. The molecule has 1 unspecified atom stereocenters. The molecule has 3 rings (SSSR count). The molecule has 1 atom stereocenters. The molecule has 2 aromatic rings. The predicted octanol–water partition coefficient (Wildman–Crippen LogP) is 2.26. The van der Waals surface area contributed by atoms with Crippen LogP contribution >= 0.6 is 0 Å². The fourth-order valence-corrected chi connectivity index (χ4v) is 2.81. The van der Waals surface area contributed by atoms with E-state index in [1.807, 2.05) is 25.1 Å². The Morgan fingerprint density at radius 3 is 3.00 bits per heavy atom. The normalized spacial score (nSPS) is 16.7. The number of carbonyl (C=O) groups is 1. The molecule has 2 N–H and O–H groups in total. The lowest BCUT2D eigenvalue weighted by molar-refractivity contribution is 0.0978. The molecule has 21 heavy (non-hydrogen) atoms. The largest absolute Gasteiger partial charge is 0.480 e. The zero-order valence-electron chi connectivity index (χ0n) is 12.0. The zero-order valence-corrected chi connectivity index (χ0v) is 12.0. The molecule has 1 aromatic heterocycles. The SMILES string of the molecule is COc1ncccc1C(=O)N1c2ccc(N)cc2CC1C. The van der Waals surface area contributed by atoms with E-state index in [9.17, 15) is 4.79 Å². The molecule has 5 nitrogen and oxygen atoms in total. The van der Waals surface area contributed by atoms with Crippen LogP contribution in [0.3, 0.4) is 0 Å². The van der Waals surface area contributed by atoms with Crippen molar-refractivity contribution in [2.45, 2.75) is 19.4 Å². The Morgan fingerprint density at radius 1 is 1.43 bits per heavy atom. The summed E-state index contributed by atoms with van der Waals surface area (Å²) in [4.78, 5) is 18.7. The van der Waals surface area contributed by atoms with Gasteiger partial charge in [-0.25, -0.2) is 4.98 Å². The number of anilines is 2. The third-order valence-corrected chi connectivity index (χ3v) is 3.73. The summed E-state index contributed by atoms with van der Waals surface area (Å²) in [6.07, 6.45) is 2.41. The van der Waals surface area contributed by atoms with E-state index in [0.717, 1.165) is 17.7 Å². The first kappa shape index (κ1) is 13.4. The molecule has 0 bridgehead atoms. The lowest BCUT2D eigenvalue weighted by Gasteiger charge is -2.23. The molecule has 0 fully saturated rings. The third-order valence-electron chi connectivity index (χ3n) is 3.73. The highest BCUT2D eigenvalue weighted by Gasteiger charge is 2.33. The number of nitrogens with two attached hydrogens (primary N) is 1. The summed E-state index contributed by atoms with van der Waals surface area (Å²) in [6, 6.07) is 9.20. The van der Waals surface area contributed by atoms with Crippen LogP contribution in [0, 0.1) is 0 Å². The minimum atomic E-state index is -0.101. The number of benzene rings is 1. The second kappa shape index (κ2) is 5.09. The van der Waals surface area contributed by atoms with Crippen LogP contribution < -0.4 is 15.4 Å². The number of nitrogen functional groups attached to an aromatic ring is 1. The maximum atomic E-state index is 12.9. The van der Waals surface area contributed by atoms with Crippen molar-refractivity contribution in [1.82, 2.24) is 4.98 Å². The summed E-state index contributed by atoms with van der Waals surface area (Å²) < 4.78 is 5.19. The first-order valence-electron chi connectivity index (χ1n) is 6.82. The topological polar surface area (TPSA) is 68.5 Å². The van der Waals surface area contributed by atoms with Crippen LogP contribution in [0.2, 0.25) is 0 Å². The minimum Gasteiger partial charge on any atom is -0.480 e. The van der Waals surface area contributed by atoms with Crippen LogP contribution in [-0.2, 0) is 6.42 Å². The van der Waals surface area contributed by atoms with Gasteiger partial charge in [0.1, 0.15) is 5.56 Å². The maximum absolute atomic E-state index is 12.9. The number of rotatable bonds is 2. The molecule has 0 saturated heterocycles. The van der Waals surface area contributed by atoms with E-state index in [0.29, 0.717) is 17.1 Å². The van der Waals surface area contributed by atoms with E-state index in [2.05, 4.69) is 4.98 Å². The van der Waals surface area contributed by atoms with Crippen LogP contribution in [0.25, 0.3) is 0 Å². The third kappa shape index (κ3) is 2.20. The number of hydrogen-bond donors (Lipinski definition) is 1. The van der Waals surface area contributed by atoms with Gasteiger partial charge in [-0.05, 0) is 49.2 Å². The van der Waals surface area contributed by atoms with Gasteiger partial charge in [0.15, 0.2) is 0 Å². The van der Waals surface area contributed by atoms with Crippen molar-refractivity contribution >= 4 is 17.3 Å². The Labute approximate surface area is 123 Å². The quantitative estimate of drug-likeness (QED) is 0.858. The van der Waals surface area contributed by atoms with Crippen LogP contribution in [0.15, 0.2) is 36.5 Å². The number of fused-ring (bicyclic) bond motifs is 1. The Morgan fingerprint density at radius 2 is 2.24 bits per heavy atom. The van der Waals surface area contributed by atoms with Crippen molar-refractivity contribution in [1.29, 1.82) is 0 Å². The summed E-state index contributed by atoms with van der Waals surface area (Å²) >= 11 is 0. The highest BCUT2D eigenvalue weighted by atomic mass is 16.5. The summed E-state index contributed by atoms with van der Waals surface area (Å²) in [5.74, 6) is 0.245. The first-order valence-corrected chi connectivity index (χ1v) is 6.82. The van der Waals surface area contributed by atoms with E-state index in [-0.39, 0.29) is 11.9 Å². The number of ether oxygens (including phenoxy) is 1.